The molecule has 2 aliphatic rings. The van der Waals surface area contributed by atoms with Gasteiger partial charge < -0.3 is 19.6 Å². The van der Waals surface area contributed by atoms with Gasteiger partial charge in [0.05, 0.1) is 6.10 Å². The highest BCUT2D eigenvalue weighted by atomic mass is 16.5. The molecule has 0 radical (unpaired) electrons. The van der Waals surface area contributed by atoms with Gasteiger partial charge in [-0.2, -0.15) is 0 Å². The first-order chi connectivity index (χ1) is 14.6. The van der Waals surface area contributed by atoms with E-state index < -0.39 is 6.10 Å². The Morgan fingerprint density at radius 1 is 1.17 bits per heavy atom. The zero-order valence-corrected chi connectivity index (χ0v) is 17.2. The van der Waals surface area contributed by atoms with E-state index >= 15 is 0 Å². The third kappa shape index (κ3) is 3.27. The lowest BCUT2D eigenvalue weighted by Crippen LogP contribution is -2.38. The van der Waals surface area contributed by atoms with E-state index in [9.17, 15) is 9.90 Å². The first-order valence-corrected chi connectivity index (χ1v) is 10.8. The fourth-order valence-corrected chi connectivity index (χ4v) is 5.09. The van der Waals surface area contributed by atoms with Crippen LogP contribution in [0.1, 0.15) is 65.5 Å². The number of aliphatic hydroxyl groups excluding tert-OH is 1. The molecule has 1 aliphatic carbocycles. The molecule has 1 aliphatic heterocycles. The molecule has 2 aromatic carbocycles. The SMILES string of the molecule is Cc1c(C(=O)NCCc2ccccc2)oc2ccc3c(c12)[C@@H](O)CC1(CCCC1)O3. The molecule has 5 rings (SSSR count). The molecule has 0 unspecified atom stereocenters. The van der Waals surface area contributed by atoms with Crippen molar-refractivity contribution in [1.29, 1.82) is 0 Å². The normalized spacial score (nSPS) is 19.6. The molecule has 0 saturated heterocycles. The van der Waals surface area contributed by atoms with Crippen molar-refractivity contribution in [1.82, 2.24) is 5.32 Å². The first kappa shape index (κ1) is 19.2. The molecule has 1 fully saturated rings. The number of amides is 1. The summed E-state index contributed by atoms with van der Waals surface area (Å²) in [6.07, 6.45) is 5.01. The number of aliphatic hydroxyl groups is 1. The van der Waals surface area contributed by atoms with Gasteiger partial charge in [-0.3, -0.25) is 4.79 Å². The predicted molar refractivity (Wildman–Crippen MR) is 115 cm³/mol. The molecule has 156 valence electrons. The molecular formula is C25H27NO4. The van der Waals surface area contributed by atoms with Crippen LogP contribution in [0.2, 0.25) is 0 Å². The molecular weight excluding hydrogens is 378 g/mol. The van der Waals surface area contributed by atoms with Crippen molar-refractivity contribution in [3.63, 3.8) is 0 Å². The average molecular weight is 405 g/mol. The molecule has 2 N–H and O–H groups in total. The first-order valence-electron chi connectivity index (χ1n) is 10.8. The standard InChI is InChI=1S/C25H27NO4/c1-16-21-19(29-23(16)24(28)26-14-11-17-7-3-2-4-8-17)9-10-20-22(21)18(27)15-25(30-20)12-5-6-13-25/h2-4,7-10,18,27H,5-6,11-15H2,1H3,(H,26,28)/t18-/m0/s1. The van der Waals surface area contributed by atoms with Gasteiger partial charge in [0, 0.05) is 29.5 Å². The number of aryl methyl sites for hydroxylation is 1. The van der Waals surface area contributed by atoms with Gasteiger partial charge in [-0.1, -0.05) is 30.3 Å². The summed E-state index contributed by atoms with van der Waals surface area (Å²) in [6.45, 7) is 2.41. The molecule has 1 atom stereocenters. The summed E-state index contributed by atoms with van der Waals surface area (Å²) >= 11 is 0. The van der Waals surface area contributed by atoms with Crippen molar-refractivity contribution in [3.05, 3.63) is 64.9 Å². The Morgan fingerprint density at radius 2 is 1.93 bits per heavy atom. The van der Waals surface area contributed by atoms with Crippen molar-refractivity contribution in [2.75, 3.05) is 6.54 Å². The topological polar surface area (TPSA) is 71.7 Å². The van der Waals surface area contributed by atoms with Gasteiger partial charge in [-0.15, -0.1) is 0 Å². The van der Waals surface area contributed by atoms with Crippen LogP contribution in [0, 0.1) is 6.92 Å². The van der Waals surface area contributed by atoms with Gasteiger partial charge >= 0.3 is 0 Å². The van der Waals surface area contributed by atoms with Crippen LogP contribution in [0.4, 0.5) is 0 Å². The third-order valence-corrected chi connectivity index (χ3v) is 6.58. The largest absolute Gasteiger partial charge is 0.487 e. The number of carbonyl (C=O) groups excluding carboxylic acids is 1. The third-order valence-electron chi connectivity index (χ3n) is 6.58. The maximum absolute atomic E-state index is 12.8. The van der Waals surface area contributed by atoms with E-state index in [-0.39, 0.29) is 11.5 Å². The number of rotatable bonds is 4. The highest BCUT2D eigenvalue weighted by Gasteiger charge is 2.43. The predicted octanol–water partition coefficient (Wildman–Crippen LogP) is 4.84. The van der Waals surface area contributed by atoms with Gasteiger partial charge in [0.15, 0.2) is 5.76 Å². The summed E-state index contributed by atoms with van der Waals surface area (Å²) in [6, 6.07) is 13.8. The summed E-state index contributed by atoms with van der Waals surface area (Å²) in [5, 5.41) is 14.8. The highest BCUT2D eigenvalue weighted by Crippen LogP contribution is 2.50. The van der Waals surface area contributed by atoms with Gasteiger partial charge in [-0.05, 0) is 56.7 Å². The van der Waals surface area contributed by atoms with Crippen LogP contribution >= 0.6 is 0 Å². The van der Waals surface area contributed by atoms with Crippen LogP contribution in [-0.2, 0) is 6.42 Å². The number of ether oxygens (including phenoxy) is 1. The molecule has 1 aromatic heterocycles. The van der Waals surface area contributed by atoms with Gasteiger partial charge in [0.25, 0.3) is 5.91 Å². The van der Waals surface area contributed by atoms with Crippen LogP contribution in [0.25, 0.3) is 11.0 Å². The minimum atomic E-state index is -0.610. The van der Waals surface area contributed by atoms with Crippen molar-refractivity contribution in [2.45, 2.75) is 57.2 Å². The zero-order valence-electron chi connectivity index (χ0n) is 17.2. The maximum Gasteiger partial charge on any atom is 0.287 e. The number of carbonyl (C=O) groups is 1. The van der Waals surface area contributed by atoms with E-state index in [2.05, 4.69) is 5.32 Å². The number of hydrogen-bond acceptors (Lipinski definition) is 4. The summed E-state index contributed by atoms with van der Waals surface area (Å²) in [7, 11) is 0. The van der Waals surface area contributed by atoms with Crippen LogP contribution in [0.15, 0.2) is 46.9 Å². The van der Waals surface area contributed by atoms with Crippen LogP contribution in [0.5, 0.6) is 5.75 Å². The van der Waals surface area contributed by atoms with E-state index in [1.807, 2.05) is 49.4 Å². The van der Waals surface area contributed by atoms with Crippen molar-refractivity contribution in [3.8, 4) is 5.75 Å². The molecule has 2 heterocycles. The maximum atomic E-state index is 12.8. The second-order valence-corrected chi connectivity index (χ2v) is 8.61. The molecule has 30 heavy (non-hydrogen) atoms. The minimum Gasteiger partial charge on any atom is -0.487 e. The van der Waals surface area contributed by atoms with Gasteiger partial charge in [0.1, 0.15) is 16.9 Å². The molecule has 0 bridgehead atoms. The number of hydrogen-bond donors (Lipinski definition) is 2. The molecule has 1 saturated carbocycles. The van der Waals surface area contributed by atoms with E-state index in [1.165, 1.54) is 5.56 Å². The van der Waals surface area contributed by atoms with Gasteiger partial charge in [-0.25, -0.2) is 0 Å². The van der Waals surface area contributed by atoms with Gasteiger partial charge in [0.2, 0.25) is 0 Å². The van der Waals surface area contributed by atoms with Crippen molar-refractivity contribution >= 4 is 16.9 Å². The van der Waals surface area contributed by atoms with Crippen LogP contribution < -0.4 is 10.1 Å². The number of benzene rings is 2. The Morgan fingerprint density at radius 3 is 2.70 bits per heavy atom. The lowest BCUT2D eigenvalue weighted by Gasteiger charge is -2.38. The summed E-state index contributed by atoms with van der Waals surface area (Å²) in [5.41, 5.74) is 3.06. The molecule has 5 heteroatoms. The lowest BCUT2D eigenvalue weighted by molar-refractivity contribution is -0.00845. The Kier molecular flexibility index (Phi) is 4.78. The Hall–Kier alpha value is -2.79. The van der Waals surface area contributed by atoms with Crippen molar-refractivity contribution < 1.29 is 19.1 Å². The molecule has 1 spiro atoms. The van der Waals surface area contributed by atoms with E-state index in [0.717, 1.165) is 54.4 Å². The zero-order chi connectivity index (χ0) is 20.7. The Bertz CT molecular complexity index is 1080. The summed E-state index contributed by atoms with van der Waals surface area (Å²) < 4.78 is 12.3. The molecule has 1 amide bonds. The minimum absolute atomic E-state index is 0.230. The second kappa shape index (κ2) is 7.47. The Labute approximate surface area is 176 Å². The highest BCUT2D eigenvalue weighted by molar-refractivity contribution is 6.00. The molecule has 3 aromatic rings. The lowest BCUT2D eigenvalue weighted by atomic mass is 9.85. The summed E-state index contributed by atoms with van der Waals surface area (Å²) in [4.78, 5) is 12.8. The van der Waals surface area contributed by atoms with Crippen LogP contribution in [-0.4, -0.2) is 23.2 Å². The number of fused-ring (bicyclic) bond motifs is 3. The fourth-order valence-electron chi connectivity index (χ4n) is 5.09. The van der Waals surface area contributed by atoms with E-state index in [0.29, 0.717) is 24.3 Å². The van der Waals surface area contributed by atoms with E-state index in [4.69, 9.17) is 9.15 Å². The van der Waals surface area contributed by atoms with Crippen molar-refractivity contribution in [2.24, 2.45) is 0 Å². The Balaban J connectivity index is 1.40. The molecule has 5 nitrogen and oxygen atoms in total. The second-order valence-electron chi connectivity index (χ2n) is 8.61. The quantitative estimate of drug-likeness (QED) is 0.651. The van der Waals surface area contributed by atoms with E-state index in [1.54, 1.807) is 0 Å². The smallest absolute Gasteiger partial charge is 0.287 e. The number of furan rings is 1. The fraction of sp³-hybridized carbons (Fsp3) is 0.400. The summed E-state index contributed by atoms with van der Waals surface area (Å²) in [5.74, 6) is 0.801. The number of nitrogens with one attached hydrogen (secondary N) is 1. The monoisotopic (exact) mass is 405 g/mol. The average Bonchev–Trinajstić information content (AvgIpc) is 3.33. The van der Waals surface area contributed by atoms with Crippen LogP contribution in [0.3, 0.4) is 0 Å².